The Morgan fingerprint density at radius 2 is 2.07 bits per heavy atom. The third-order valence-corrected chi connectivity index (χ3v) is 6.14. The standard InChI is InChI=1S/C8H16NO3PS2/c1-4-11-13(10,12-5-2)9-8-14-6-7(3)15-8/h7H,4-6H2,1-3H3/t7-/m1/s1. The topological polar surface area (TPSA) is 47.9 Å². The van der Waals surface area contributed by atoms with Crippen LogP contribution in [-0.2, 0) is 13.6 Å². The minimum Gasteiger partial charge on any atom is -0.291 e. The summed E-state index contributed by atoms with van der Waals surface area (Å²) in [5, 5.41) is 0.519. The molecular formula is C8H16NO3PS2. The Morgan fingerprint density at radius 3 is 2.47 bits per heavy atom. The average molecular weight is 269 g/mol. The molecule has 1 heterocycles. The Hall–Kier alpha value is 0.520. The maximum atomic E-state index is 12.0. The van der Waals surface area contributed by atoms with Crippen molar-refractivity contribution in [3.8, 4) is 0 Å². The molecule has 0 aromatic heterocycles. The number of thioether (sulfide) groups is 2. The van der Waals surface area contributed by atoms with E-state index < -0.39 is 7.75 Å². The molecule has 0 aromatic rings. The fourth-order valence-corrected chi connectivity index (χ4v) is 5.23. The van der Waals surface area contributed by atoms with Crippen molar-refractivity contribution >= 4 is 35.6 Å². The van der Waals surface area contributed by atoms with Gasteiger partial charge in [0.1, 0.15) is 4.38 Å². The summed E-state index contributed by atoms with van der Waals surface area (Å²) in [6.45, 7) is 6.37. The van der Waals surface area contributed by atoms with Crippen molar-refractivity contribution in [1.29, 1.82) is 0 Å². The van der Waals surface area contributed by atoms with E-state index >= 15 is 0 Å². The van der Waals surface area contributed by atoms with Gasteiger partial charge in [0.15, 0.2) is 0 Å². The third-order valence-electron chi connectivity index (χ3n) is 1.53. The first-order valence-corrected chi connectivity index (χ1v) is 8.24. The van der Waals surface area contributed by atoms with Crippen molar-refractivity contribution in [2.75, 3.05) is 19.0 Å². The summed E-state index contributed by atoms with van der Waals surface area (Å²) >= 11 is 3.23. The van der Waals surface area contributed by atoms with Crippen LogP contribution in [0.4, 0.5) is 0 Å². The van der Waals surface area contributed by atoms with Crippen LogP contribution in [-0.4, -0.2) is 28.6 Å². The van der Waals surface area contributed by atoms with E-state index in [4.69, 9.17) is 9.05 Å². The van der Waals surface area contributed by atoms with Gasteiger partial charge in [0.2, 0.25) is 0 Å². The van der Waals surface area contributed by atoms with Crippen molar-refractivity contribution in [2.45, 2.75) is 26.0 Å². The summed E-state index contributed by atoms with van der Waals surface area (Å²) in [7, 11) is -3.25. The van der Waals surface area contributed by atoms with Gasteiger partial charge in [-0.05, 0) is 13.8 Å². The summed E-state index contributed by atoms with van der Waals surface area (Å²) < 4.78 is 27.1. The predicted molar refractivity (Wildman–Crippen MR) is 67.8 cm³/mol. The second-order valence-electron chi connectivity index (χ2n) is 2.91. The number of rotatable bonds is 5. The number of nitrogens with zero attached hydrogens (tertiary/aromatic N) is 1. The molecule has 0 saturated carbocycles. The second-order valence-corrected chi connectivity index (χ2v) is 7.26. The summed E-state index contributed by atoms with van der Waals surface area (Å²) in [5.74, 6) is 1.00. The monoisotopic (exact) mass is 269 g/mol. The van der Waals surface area contributed by atoms with Crippen LogP contribution in [0, 0.1) is 0 Å². The molecule has 1 atom stereocenters. The Balaban J connectivity index is 2.69. The molecule has 15 heavy (non-hydrogen) atoms. The molecule has 0 aliphatic carbocycles. The van der Waals surface area contributed by atoms with Crippen LogP contribution in [0.15, 0.2) is 4.76 Å². The first-order chi connectivity index (χ1) is 7.09. The van der Waals surface area contributed by atoms with Crippen LogP contribution in [0.1, 0.15) is 20.8 Å². The molecule has 1 rings (SSSR count). The van der Waals surface area contributed by atoms with E-state index in [1.807, 2.05) is 0 Å². The van der Waals surface area contributed by atoms with Gasteiger partial charge in [0.25, 0.3) is 0 Å². The molecule has 7 heteroatoms. The van der Waals surface area contributed by atoms with E-state index in [0.717, 1.165) is 10.1 Å². The zero-order valence-corrected chi connectivity index (χ0v) is 11.7. The fourth-order valence-electron chi connectivity index (χ4n) is 1.00. The van der Waals surface area contributed by atoms with E-state index in [-0.39, 0.29) is 0 Å². The SMILES string of the molecule is CCOP(=O)(N=C1SC[C@@H](C)S1)OCC. The van der Waals surface area contributed by atoms with Gasteiger partial charge in [-0.3, -0.25) is 9.05 Å². The zero-order chi connectivity index (χ0) is 11.3. The van der Waals surface area contributed by atoms with E-state index in [1.165, 1.54) is 0 Å². The molecular weight excluding hydrogens is 253 g/mol. The van der Waals surface area contributed by atoms with Gasteiger partial charge in [0.05, 0.1) is 13.2 Å². The Morgan fingerprint density at radius 1 is 1.47 bits per heavy atom. The molecule has 0 N–H and O–H groups in total. The zero-order valence-electron chi connectivity index (χ0n) is 9.13. The minimum absolute atomic E-state index is 0.346. The van der Waals surface area contributed by atoms with Crippen molar-refractivity contribution in [1.82, 2.24) is 0 Å². The van der Waals surface area contributed by atoms with Crippen LogP contribution in [0.25, 0.3) is 0 Å². The van der Waals surface area contributed by atoms with Crippen LogP contribution in [0.2, 0.25) is 0 Å². The van der Waals surface area contributed by atoms with Crippen LogP contribution < -0.4 is 0 Å². The van der Waals surface area contributed by atoms with Gasteiger partial charge in [-0.2, -0.15) is 4.76 Å². The van der Waals surface area contributed by atoms with Crippen molar-refractivity contribution in [3.63, 3.8) is 0 Å². The molecule has 88 valence electrons. The maximum absolute atomic E-state index is 12.0. The maximum Gasteiger partial charge on any atom is 0.455 e. The summed E-state index contributed by atoms with van der Waals surface area (Å²) in [6, 6.07) is 0. The smallest absolute Gasteiger partial charge is 0.291 e. The molecule has 4 nitrogen and oxygen atoms in total. The Kier molecular flexibility index (Phi) is 5.71. The van der Waals surface area contributed by atoms with E-state index in [1.54, 1.807) is 37.4 Å². The summed E-state index contributed by atoms with van der Waals surface area (Å²) in [5.41, 5.74) is 0. The van der Waals surface area contributed by atoms with Crippen LogP contribution in [0.3, 0.4) is 0 Å². The van der Waals surface area contributed by atoms with Gasteiger partial charge >= 0.3 is 7.75 Å². The highest BCUT2D eigenvalue weighted by Crippen LogP contribution is 2.52. The van der Waals surface area contributed by atoms with E-state index in [9.17, 15) is 4.57 Å². The number of hydrogen-bond acceptors (Lipinski definition) is 5. The highest BCUT2D eigenvalue weighted by molar-refractivity contribution is 8.42. The lowest BCUT2D eigenvalue weighted by Crippen LogP contribution is -1.95. The first-order valence-electron chi connectivity index (χ1n) is 4.88. The molecule has 1 aliphatic heterocycles. The van der Waals surface area contributed by atoms with Crippen molar-refractivity contribution in [2.24, 2.45) is 4.76 Å². The fraction of sp³-hybridized carbons (Fsp3) is 0.875. The first kappa shape index (κ1) is 13.6. The lowest BCUT2D eigenvalue weighted by atomic mass is 10.6. The molecule has 0 radical (unpaired) electrons. The summed E-state index contributed by atoms with van der Waals surface area (Å²) in [6.07, 6.45) is 0. The lowest BCUT2D eigenvalue weighted by molar-refractivity contribution is 0.221. The highest BCUT2D eigenvalue weighted by Gasteiger charge is 2.27. The van der Waals surface area contributed by atoms with E-state index in [0.29, 0.717) is 18.5 Å². The van der Waals surface area contributed by atoms with Gasteiger partial charge in [-0.1, -0.05) is 30.4 Å². The van der Waals surface area contributed by atoms with Crippen LogP contribution >= 0.6 is 31.3 Å². The van der Waals surface area contributed by atoms with Gasteiger partial charge < -0.3 is 0 Å². The molecule has 0 spiro atoms. The normalized spacial score (nSPS) is 25.0. The van der Waals surface area contributed by atoms with E-state index in [2.05, 4.69) is 11.7 Å². The molecule has 0 amide bonds. The Bertz CT molecular complexity index is 275. The van der Waals surface area contributed by atoms with Gasteiger partial charge in [0, 0.05) is 11.0 Å². The molecule has 1 fully saturated rings. The second kappa shape index (κ2) is 6.30. The van der Waals surface area contributed by atoms with Crippen LogP contribution in [0.5, 0.6) is 0 Å². The quantitative estimate of drug-likeness (QED) is 0.716. The van der Waals surface area contributed by atoms with Crippen molar-refractivity contribution in [3.05, 3.63) is 0 Å². The highest BCUT2D eigenvalue weighted by atomic mass is 32.2. The molecule has 1 saturated heterocycles. The lowest BCUT2D eigenvalue weighted by Gasteiger charge is -2.11. The third kappa shape index (κ3) is 4.49. The number of hydrogen-bond donors (Lipinski definition) is 0. The predicted octanol–water partition coefficient (Wildman–Crippen LogP) is 3.39. The average Bonchev–Trinajstić information content (AvgIpc) is 2.51. The molecule has 0 aromatic carbocycles. The van der Waals surface area contributed by atoms with Crippen molar-refractivity contribution < 1.29 is 13.6 Å². The van der Waals surface area contributed by atoms with Gasteiger partial charge in [-0.15, -0.1) is 0 Å². The molecule has 0 unspecified atom stereocenters. The minimum atomic E-state index is -3.25. The molecule has 0 bridgehead atoms. The molecule has 1 aliphatic rings. The summed E-state index contributed by atoms with van der Waals surface area (Å²) in [4.78, 5) is 0. The largest absolute Gasteiger partial charge is 0.455 e. The van der Waals surface area contributed by atoms with Gasteiger partial charge in [-0.25, -0.2) is 4.57 Å². The Labute approximate surface area is 99.2 Å².